The summed E-state index contributed by atoms with van der Waals surface area (Å²) in [5, 5.41) is 14.0. The van der Waals surface area contributed by atoms with Crippen LogP contribution in [0.2, 0.25) is 0 Å². The zero-order chi connectivity index (χ0) is 13.8. The maximum absolute atomic E-state index is 10.9. The highest BCUT2D eigenvalue weighted by molar-refractivity contribution is 5.56. The number of rotatable bonds is 5. The van der Waals surface area contributed by atoms with E-state index in [1.54, 1.807) is 0 Å². The lowest BCUT2D eigenvalue weighted by Crippen LogP contribution is -2.19. The molecule has 2 rings (SSSR count). The molecule has 104 valence electrons. The number of hydrogen-bond donors (Lipinski definition) is 3. The van der Waals surface area contributed by atoms with E-state index in [0.29, 0.717) is 18.4 Å². The van der Waals surface area contributed by atoms with Crippen molar-refractivity contribution >= 4 is 17.5 Å². The Hall–Kier alpha value is -1.96. The molecular weight excluding hydrogens is 248 g/mol. The molecule has 0 aromatic carbocycles. The van der Waals surface area contributed by atoms with Gasteiger partial charge in [0, 0.05) is 6.54 Å². The second-order valence-corrected chi connectivity index (χ2v) is 4.88. The molecule has 1 aliphatic rings. The third kappa shape index (κ3) is 3.08. The Morgan fingerprint density at radius 2 is 2.37 bits per heavy atom. The van der Waals surface area contributed by atoms with E-state index in [9.17, 15) is 10.1 Å². The Bertz CT molecular complexity index is 466. The van der Waals surface area contributed by atoms with Gasteiger partial charge < -0.3 is 5.32 Å². The molecule has 8 heteroatoms. The van der Waals surface area contributed by atoms with Gasteiger partial charge in [-0.3, -0.25) is 15.5 Å². The van der Waals surface area contributed by atoms with Crippen LogP contribution in [0.15, 0.2) is 6.20 Å². The van der Waals surface area contributed by atoms with Crippen molar-refractivity contribution in [2.45, 2.75) is 26.2 Å². The highest BCUT2D eigenvalue weighted by atomic mass is 16.6. The smallest absolute Gasteiger partial charge is 0.329 e. The number of anilines is 2. The summed E-state index contributed by atoms with van der Waals surface area (Å²) in [5.41, 5.74) is 2.15. The van der Waals surface area contributed by atoms with Crippen molar-refractivity contribution < 1.29 is 4.92 Å². The molecule has 19 heavy (non-hydrogen) atoms. The molecule has 1 saturated carbocycles. The first-order valence-electron chi connectivity index (χ1n) is 6.33. The van der Waals surface area contributed by atoms with Gasteiger partial charge in [0.25, 0.3) is 0 Å². The molecule has 1 fully saturated rings. The minimum atomic E-state index is -0.499. The van der Waals surface area contributed by atoms with Crippen LogP contribution in [0.1, 0.15) is 26.2 Å². The van der Waals surface area contributed by atoms with Gasteiger partial charge in [0.15, 0.2) is 0 Å². The van der Waals surface area contributed by atoms with Gasteiger partial charge in [-0.05, 0) is 18.3 Å². The lowest BCUT2D eigenvalue weighted by Gasteiger charge is -2.16. The topological polar surface area (TPSA) is 119 Å². The van der Waals surface area contributed by atoms with Gasteiger partial charge in [-0.2, -0.15) is 4.98 Å². The fourth-order valence-electron chi connectivity index (χ4n) is 2.46. The van der Waals surface area contributed by atoms with Crippen LogP contribution in [-0.4, -0.2) is 21.4 Å². The predicted octanol–water partition coefficient (Wildman–Crippen LogP) is 1.52. The third-order valence-electron chi connectivity index (χ3n) is 3.67. The maximum Gasteiger partial charge on any atom is 0.329 e. The minimum Gasteiger partial charge on any atom is -0.364 e. The van der Waals surface area contributed by atoms with E-state index in [-0.39, 0.29) is 17.5 Å². The normalized spacial score (nSPS) is 22.2. The van der Waals surface area contributed by atoms with Crippen molar-refractivity contribution in [3.8, 4) is 0 Å². The van der Waals surface area contributed by atoms with Crippen LogP contribution < -0.4 is 16.6 Å². The van der Waals surface area contributed by atoms with E-state index < -0.39 is 4.92 Å². The number of nitrogens with zero attached hydrogens (tertiary/aromatic N) is 3. The van der Waals surface area contributed by atoms with Crippen molar-refractivity contribution in [3.05, 3.63) is 16.3 Å². The summed E-state index contributed by atoms with van der Waals surface area (Å²) in [5.74, 6) is 6.76. The number of nitro groups is 1. The Morgan fingerprint density at radius 3 is 2.95 bits per heavy atom. The molecule has 1 aromatic heterocycles. The zero-order valence-corrected chi connectivity index (χ0v) is 10.8. The van der Waals surface area contributed by atoms with Crippen LogP contribution in [0.4, 0.5) is 17.5 Å². The number of hydrogen-bond acceptors (Lipinski definition) is 7. The molecule has 1 heterocycles. The average molecular weight is 266 g/mol. The summed E-state index contributed by atoms with van der Waals surface area (Å²) in [6.07, 6.45) is 4.74. The summed E-state index contributed by atoms with van der Waals surface area (Å²) in [7, 11) is 0. The molecule has 1 aliphatic carbocycles. The predicted molar refractivity (Wildman–Crippen MR) is 71.5 cm³/mol. The molecule has 8 nitrogen and oxygen atoms in total. The van der Waals surface area contributed by atoms with E-state index in [1.807, 2.05) is 0 Å². The fraction of sp³-hybridized carbons (Fsp3) is 0.636. The molecule has 2 unspecified atom stereocenters. The largest absolute Gasteiger partial charge is 0.364 e. The highest BCUT2D eigenvalue weighted by Gasteiger charge is 2.24. The lowest BCUT2D eigenvalue weighted by atomic mass is 9.98. The summed E-state index contributed by atoms with van der Waals surface area (Å²) < 4.78 is 0. The Morgan fingerprint density at radius 1 is 1.58 bits per heavy atom. The number of nitrogens with one attached hydrogen (secondary N) is 2. The van der Waals surface area contributed by atoms with Gasteiger partial charge in [-0.25, -0.2) is 10.8 Å². The SMILES string of the molecule is CC1CCCC1CNc1nc(NN)ncc1[N+](=O)[O-]. The first-order valence-corrected chi connectivity index (χ1v) is 6.33. The minimum absolute atomic E-state index is 0.135. The lowest BCUT2D eigenvalue weighted by molar-refractivity contribution is -0.384. The molecule has 0 aliphatic heterocycles. The zero-order valence-electron chi connectivity index (χ0n) is 10.8. The van der Waals surface area contributed by atoms with Crippen LogP contribution in [-0.2, 0) is 0 Å². The standard InChI is InChI=1S/C11H18N6O2/c1-7-3-2-4-8(7)5-13-10-9(17(18)19)6-14-11(15-10)16-12/h6-8H,2-5,12H2,1H3,(H2,13,14,15,16). The summed E-state index contributed by atoms with van der Waals surface area (Å²) in [4.78, 5) is 18.2. The van der Waals surface area contributed by atoms with Crippen molar-refractivity contribution in [1.29, 1.82) is 0 Å². The first kappa shape index (κ1) is 13.5. The van der Waals surface area contributed by atoms with Crippen LogP contribution in [0.25, 0.3) is 0 Å². The summed E-state index contributed by atoms with van der Waals surface area (Å²) in [6, 6.07) is 0. The molecule has 4 N–H and O–H groups in total. The van der Waals surface area contributed by atoms with Gasteiger partial charge in [0.2, 0.25) is 11.8 Å². The van der Waals surface area contributed by atoms with Crippen molar-refractivity contribution in [1.82, 2.24) is 9.97 Å². The average Bonchev–Trinajstić information content (AvgIpc) is 2.81. The van der Waals surface area contributed by atoms with Crippen molar-refractivity contribution in [3.63, 3.8) is 0 Å². The van der Waals surface area contributed by atoms with Gasteiger partial charge in [0.05, 0.1) is 4.92 Å². The third-order valence-corrected chi connectivity index (χ3v) is 3.67. The number of nitrogens with two attached hydrogens (primary N) is 1. The molecule has 2 atom stereocenters. The number of aromatic nitrogens is 2. The van der Waals surface area contributed by atoms with Crippen LogP contribution >= 0.6 is 0 Å². The molecular formula is C11H18N6O2. The summed E-state index contributed by atoms with van der Waals surface area (Å²) >= 11 is 0. The monoisotopic (exact) mass is 266 g/mol. The van der Waals surface area contributed by atoms with E-state index in [1.165, 1.54) is 12.8 Å². The second-order valence-electron chi connectivity index (χ2n) is 4.88. The van der Waals surface area contributed by atoms with Crippen LogP contribution in [0.5, 0.6) is 0 Å². The Balaban J connectivity index is 2.10. The van der Waals surface area contributed by atoms with E-state index in [0.717, 1.165) is 12.6 Å². The molecule has 0 amide bonds. The van der Waals surface area contributed by atoms with Crippen molar-refractivity contribution in [2.24, 2.45) is 17.7 Å². The highest BCUT2D eigenvalue weighted by Crippen LogP contribution is 2.32. The van der Waals surface area contributed by atoms with E-state index in [4.69, 9.17) is 5.84 Å². The molecule has 1 aromatic rings. The fourth-order valence-corrected chi connectivity index (χ4v) is 2.46. The van der Waals surface area contributed by atoms with Crippen LogP contribution in [0, 0.1) is 22.0 Å². The molecule has 0 spiro atoms. The summed E-state index contributed by atoms with van der Waals surface area (Å²) in [6.45, 7) is 2.89. The number of hydrazine groups is 1. The Kier molecular flexibility index (Phi) is 4.10. The molecule has 0 bridgehead atoms. The van der Waals surface area contributed by atoms with Gasteiger partial charge >= 0.3 is 5.69 Å². The van der Waals surface area contributed by atoms with E-state index in [2.05, 4.69) is 27.6 Å². The Labute approximate surface area is 110 Å². The van der Waals surface area contributed by atoms with E-state index >= 15 is 0 Å². The quantitative estimate of drug-likeness (QED) is 0.420. The van der Waals surface area contributed by atoms with Gasteiger partial charge in [-0.1, -0.05) is 19.8 Å². The number of nitrogen functional groups attached to an aromatic ring is 1. The molecule has 0 radical (unpaired) electrons. The van der Waals surface area contributed by atoms with Gasteiger partial charge in [0.1, 0.15) is 6.20 Å². The van der Waals surface area contributed by atoms with Crippen LogP contribution in [0.3, 0.4) is 0 Å². The molecule has 0 saturated heterocycles. The first-order chi connectivity index (χ1) is 9.11. The second kappa shape index (κ2) is 5.79. The van der Waals surface area contributed by atoms with Crippen molar-refractivity contribution in [2.75, 3.05) is 17.3 Å². The maximum atomic E-state index is 10.9. The van der Waals surface area contributed by atoms with Gasteiger partial charge in [-0.15, -0.1) is 0 Å².